The van der Waals surface area contributed by atoms with Crippen molar-refractivity contribution in [1.82, 2.24) is 0 Å². The number of carbonyl (C=O) groups excluding carboxylic acids is 1. The van der Waals surface area contributed by atoms with E-state index < -0.39 is 0 Å². The molecule has 0 amide bonds. The standard InChI is InChI=1S/C28H27N2O2/c1-29(2)26-16-17-27-23(19-26)13-15-25(30(27)3)14-10-20-8-11-21(12-9-20)22-6-5-7-24(18-22)28(31)32-4/h5-19H,1-4H3/q+1/b14-10+. The summed E-state index contributed by atoms with van der Waals surface area (Å²) >= 11 is 0. The lowest BCUT2D eigenvalue weighted by atomic mass is 10.0. The van der Waals surface area contributed by atoms with Gasteiger partial charge in [-0.1, -0.05) is 36.4 Å². The maximum atomic E-state index is 11.8. The highest BCUT2D eigenvalue weighted by molar-refractivity contribution is 5.91. The fourth-order valence-corrected chi connectivity index (χ4v) is 3.76. The second-order valence-corrected chi connectivity index (χ2v) is 7.98. The number of pyridine rings is 1. The van der Waals surface area contributed by atoms with Crippen molar-refractivity contribution < 1.29 is 14.1 Å². The molecule has 0 fully saturated rings. The van der Waals surface area contributed by atoms with E-state index in [2.05, 4.69) is 97.4 Å². The molecule has 0 aliphatic rings. The summed E-state index contributed by atoms with van der Waals surface area (Å²) in [6.45, 7) is 0. The zero-order valence-electron chi connectivity index (χ0n) is 18.9. The van der Waals surface area contributed by atoms with Crippen LogP contribution in [0.5, 0.6) is 0 Å². The number of aromatic nitrogens is 1. The van der Waals surface area contributed by atoms with E-state index in [9.17, 15) is 4.79 Å². The summed E-state index contributed by atoms with van der Waals surface area (Å²) in [5.74, 6) is -0.326. The highest BCUT2D eigenvalue weighted by Crippen LogP contribution is 2.23. The number of hydrogen-bond donors (Lipinski definition) is 0. The third kappa shape index (κ3) is 4.40. The molecule has 160 valence electrons. The Balaban J connectivity index is 1.57. The topological polar surface area (TPSA) is 33.4 Å². The van der Waals surface area contributed by atoms with Gasteiger partial charge in [-0.3, -0.25) is 0 Å². The number of hydrogen-bond acceptors (Lipinski definition) is 3. The molecule has 0 unspecified atom stereocenters. The molecule has 4 heteroatoms. The van der Waals surface area contributed by atoms with Gasteiger partial charge in [0, 0.05) is 43.4 Å². The Hall–Kier alpha value is -3.92. The summed E-state index contributed by atoms with van der Waals surface area (Å²) < 4.78 is 7.03. The fraction of sp³-hybridized carbons (Fsp3) is 0.143. The van der Waals surface area contributed by atoms with Gasteiger partial charge in [0.05, 0.1) is 12.7 Å². The highest BCUT2D eigenvalue weighted by atomic mass is 16.5. The first kappa shape index (κ1) is 21.3. The quantitative estimate of drug-likeness (QED) is 0.320. The lowest BCUT2D eigenvalue weighted by Crippen LogP contribution is -2.32. The maximum Gasteiger partial charge on any atom is 0.337 e. The third-order valence-electron chi connectivity index (χ3n) is 5.68. The van der Waals surface area contributed by atoms with E-state index in [1.54, 1.807) is 6.07 Å². The van der Waals surface area contributed by atoms with Gasteiger partial charge in [-0.05, 0) is 53.1 Å². The molecule has 0 saturated carbocycles. The predicted molar refractivity (Wildman–Crippen MR) is 132 cm³/mol. The van der Waals surface area contributed by atoms with Crippen LogP contribution in [-0.2, 0) is 11.8 Å². The molecule has 0 aliphatic carbocycles. The van der Waals surface area contributed by atoms with E-state index >= 15 is 0 Å². The van der Waals surface area contributed by atoms with Crippen molar-refractivity contribution in [3.63, 3.8) is 0 Å². The first-order valence-electron chi connectivity index (χ1n) is 10.5. The Morgan fingerprint density at radius 2 is 1.66 bits per heavy atom. The first-order valence-corrected chi connectivity index (χ1v) is 10.5. The van der Waals surface area contributed by atoms with E-state index in [-0.39, 0.29) is 5.97 Å². The average molecular weight is 424 g/mol. The number of anilines is 1. The van der Waals surface area contributed by atoms with Crippen LogP contribution in [0.1, 0.15) is 21.6 Å². The number of rotatable bonds is 5. The largest absolute Gasteiger partial charge is 0.465 e. The number of benzene rings is 3. The average Bonchev–Trinajstić information content (AvgIpc) is 2.83. The lowest BCUT2D eigenvalue weighted by molar-refractivity contribution is -0.646. The molecule has 3 aromatic carbocycles. The van der Waals surface area contributed by atoms with Crippen LogP contribution in [0.3, 0.4) is 0 Å². The number of methoxy groups -OCH3 is 1. The van der Waals surface area contributed by atoms with Crippen LogP contribution < -0.4 is 9.47 Å². The fourth-order valence-electron chi connectivity index (χ4n) is 3.76. The minimum absolute atomic E-state index is 0.326. The molecule has 0 radical (unpaired) electrons. The van der Waals surface area contributed by atoms with E-state index in [0.717, 1.165) is 22.4 Å². The zero-order chi connectivity index (χ0) is 22.7. The van der Waals surface area contributed by atoms with Crippen LogP contribution in [0.4, 0.5) is 5.69 Å². The molecule has 0 bridgehead atoms. The van der Waals surface area contributed by atoms with Crippen molar-refractivity contribution in [1.29, 1.82) is 0 Å². The first-order chi connectivity index (χ1) is 15.5. The molecule has 4 aromatic rings. The van der Waals surface area contributed by atoms with E-state index in [1.165, 1.54) is 23.7 Å². The molecule has 4 nitrogen and oxygen atoms in total. The van der Waals surface area contributed by atoms with Crippen LogP contribution in [0.15, 0.2) is 78.9 Å². The number of esters is 1. The van der Waals surface area contributed by atoms with Crippen LogP contribution in [-0.4, -0.2) is 27.2 Å². The summed E-state index contributed by atoms with van der Waals surface area (Å²) in [6.07, 6.45) is 4.25. The molecule has 0 aliphatic heterocycles. The maximum absolute atomic E-state index is 11.8. The molecule has 0 atom stereocenters. The second-order valence-electron chi connectivity index (χ2n) is 7.98. The Morgan fingerprint density at radius 3 is 2.38 bits per heavy atom. The van der Waals surface area contributed by atoms with Gasteiger partial charge in [-0.15, -0.1) is 0 Å². The number of aryl methyl sites for hydroxylation is 1. The van der Waals surface area contributed by atoms with Crippen LogP contribution in [0.25, 0.3) is 34.2 Å². The van der Waals surface area contributed by atoms with Gasteiger partial charge in [0.25, 0.3) is 0 Å². The second kappa shape index (κ2) is 9.06. The van der Waals surface area contributed by atoms with E-state index in [1.807, 2.05) is 18.2 Å². The normalized spacial score (nSPS) is 11.1. The van der Waals surface area contributed by atoms with Gasteiger partial charge >= 0.3 is 5.97 Å². The summed E-state index contributed by atoms with van der Waals surface area (Å²) in [6, 6.07) is 26.6. The Bertz CT molecular complexity index is 1310. The van der Waals surface area contributed by atoms with Gasteiger partial charge < -0.3 is 9.64 Å². The molecule has 4 rings (SSSR count). The van der Waals surface area contributed by atoms with E-state index in [0.29, 0.717) is 5.56 Å². The van der Waals surface area contributed by atoms with Crippen LogP contribution in [0.2, 0.25) is 0 Å². The molecule has 0 N–H and O–H groups in total. The Morgan fingerprint density at radius 1 is 0.875 bits per heavy atom. The van der Waals surface area contributed by atoms with Crippen molar-refractivity contribution in [2.24, 2.45) is 7.05 Å². The predicted octanol–water partition coefficient (Wildman–Crippen LogP) is 5.35. The summed E-state index contributed by atoms with van der Waals surface area (Å²) in [7, 11) is 7.60. The number of ether oxygens (including phenoxy) is 1. The van der Waals surface area contributed by atoms with Crippen molar-refractivity contribution in [3.05, 3.63) is 95.7 Å². The minimum Gasteiger partial charge on any atom is -0.465 e. The molecule has 0 saturated heterocycles. The number of fused-ring (bicyclic) bond motifs is 1. The molecule has 0 spiro atoms. The van der Waals surface area contributed by atoms with E-state index in [4.69, 9.17) is 4.74 Å². The molecule has 1 heterocycles. The summed E-state index contributed by atoms with van der Waals surface area (Å²) in [5.41, 5.74) is 7.22. The van der Waals surface area contributed by atoms with Crippen molar-refractivity contribution >= 4 is 34.7 Å². The van der Waals surface area contributed by atoms with Gasteiger partial charge in [0.2, 0.25) is 11.2 Å². The Labute approximate surface area is 189 Å². The zero-order valence-corrected chi connectivity index (χ0v) is 18.9. The van der Waals surface area contributed by atoms with Crippen molar-refractivity contribution in [3.8, 4) is 11.1 Å². The smallest absolute Gasteiger partial charge is 0.337 e. The van der Waals surface area contributed by atoms with Crippen LogP contribution in [0, 0.1) is 0 Å². The lowest BCUT2D eigenvalue weighted by Gasteiger charge is -2.12. The van der Waals surface area contributed by atoms with Gasteiger partial charge in [0.15, 0.2) is 0 Å². The summed E-state index contributed by atoms with van der Waals surface area (Å²) in [5, 5.41) is 1.22. The van der Waals surface area contributed by atoms with Gasteiger partial charge in [-0.2, -0.15) is 4.57 Å². The monoisotopic (exact) mass is 423 g/mol. The molecule has 32 heavy (non-hydrogen) atoms. The highest BCUT2D eigenvalue weighted by Gasteiger charge is 2.11. The molecule has 1 aromatic heterocycles. The third-order valence-corrected chi connectivity index (χ3v) is 5.68. The number of nitrogens with zero attached hydrogens (tertiary/aromatic N) is 2. The van der Waals surface area contributed by atoms with Gasteiger partial charge in [-0.25, -0.2) is 4.79 Å². The Kier molecular flexibility index (Phi) is 6.04. The van der Waals surface area contributed by atoms with Gasteiger partial charge in [0.1, 0.15) is 7.05 Å². The summed E-state index contributed by atoms with van der Waals surface area (Å²) in [4.78, 5) is 13.9. The minimum atomic E-state index is -0.326. The van der Waals surface area contributed by atoms with Crippen LogP contribution >= 0.6 is 0 Å². The molecular formula is C28H27N2O2+. The number of carbonyl (C=O) groups is 1. The SMILES string of the molecule is COC(=O)c1cccc(-c2ccc(/C=C/c3ccc4cc(N(C)C)ccc4[n+]3C)cc2)c1. The van der Waals surface area contributed by atoms with Crippen molar-refractivity contribution in [2.75, 3.05) is 26.1 Å². The molecular weight excluding hydrogens is 396 g/mol. The van der Waals surface area contributed by atoms with Crippen molar-refractivity contribution in [2.45, 2.75) is 0 Å².